The van der Waals surface area contributed by atoms with E-state index in [0.29, 0.717) is 12.8 Å². The van der Waals surface area contributed by atoms with Crippen molar-refractivity contribution in [1.29, 1.82) is 0 Å². The number of alkyl carbamates (subject to hydrolysis) is 1. The molecule has 2 aromatic carbocycles. The van der Waals surface area contributed by atoms with Crippen LogP contribution in [0, 0.1) is 5.92 Å². The van der Waals surface area contributed by atoms with E-state index >= 15 is 0 Å². The first-order valence-corrected chi connectivity index (χ1v) is 22.8. The molecule has 0 spiro atoms. The van der Waals surface area contributed by atoms with E-state index in [9.17, 15) is 28.7 Å². The summed E-state index contributed by atoms with van der Waals surface area (Å²) in [5.74, 6) is -0.526. The number of carbonyl (C=O) groups excluding carboxylic acids is 3. The van der Waals surface area contributed by atoms with Crippen molar-refractivity contribution in [2.45, 2.75) is 116 Å². The number of amides is 4. The molecule has 0 saturated heterocycles. The summed E-state index contributed by atoms with van der Waals surface area (Å²) in [7, 11) is -3.88. The fraction of sp³-hybridized carbons (Fsp3) is 0.488. The van der Waals surface area contributed by atoms with Crippen LogP contribution >= 0.6 is 30.5 Å². The Balaban J connectivity index is 0.00000641. The number of benzene rings is 2. The number of hydrogen-bond acceptors (Lipinski definition) is 13. The molecule has 2 heterocycles. The van der Waals surface area contributed by atoms with Crippen LogP contribution in [0.15, 0.2) is 77.8 Å². The molecule has 0 aliphatic rings. The number of ether oxygens (including phenoxy) is 2. The zero-order chi connectivity index (χ0) is 43.0. The number of rotatable bonds is 23. The molecule has 4 rings (SSSR count). The fourth-order valence-electron chi connectivity index (χ4n) is 6.24. The topological polar surface area (TPSA) is 207 Å². The van der Waals surface area contributed by atoms with Crippen molar-refractivity contribution in [3.8, 4) is 0 Å². The van der Waals surface area contributed by atoms with Crippen LogP contribution in [0.25, 0.3) is 0 Å². The van der Waals surface area contributed by atoms with Crippen molar-refractivity contribution in [3.05, 3.63) is 104 Å². The second-order valence-electron chi connectivity index (χ2n) is 14.9. The number of nitrogens with one attached hydrogen (secondary N) is 3. The van der Waals surface area contributed by atoms with Crippen LogP contribution in [0.4, 0.5) is 9.59 Å². The molecule has 0 fully saturated rings. The van der Waals surface area contributed by atoms with Crippen LogP contribution in [-0.4, -0.2) is 70.5 Å². The smallest absolute Gasteiger partial charge is 0.790 e. The van der Waals surface area contributed by atoms with Gasteiger partial charge in [-0.25, -0.2) is 14.6 Å². The van der Waals surface area contributed by atoms with Gasteiger partial charge in [0.2, 0.25) is 5.91 Å². The molecule has 0 radical (unpaired) electrons. The van der Waals surface area contributed by atoms with Gasteiger partial charge in [-0.2, -0.15) is 0 Å². The number of hydrogen-bond donors (Lipinski definition) is 3. The maximum atomic E-state index is 14.3. The van der Waals surface area contributed by atoms with Gasteiger partial charge in [0.15, 0.2) is 6.29 Å². The molecule has 4 amide bonds. The van der Waals surface area contributed by atoms with E-state index in [1.807, 2.05) is 79.9 Å². The molecule has 2 aromatic heterocycles. The van der Waals surface area contributed by atoms with Crippen molar-refractivity contribution < 1.29 is 102 Å². The molecule has 1 unspecified atom stereocenters. The molecule has 15 nitrogen and oxygen atoms in total. The van der Waals surface area contributed by atoms with Crippen LogP contribution in [-0.2, 0) is 49.4 Å². The first-order chi connectivity index (χ1) is 28.1. The summed E-state index contributed by atoms with van der Waals surface area (Å²) in [5.41, 5.74) is 4.05. The number of urea groups is 1. The Kier molecular flexibility index (Phi) is 25.1. The summed E-state index contributed by atoms with van der Waals surface area (Å²) in [5, 5.41) is 11.8. The van der Waals surface area contributed by atoms with Crippen LogP contribution in [0.2, 0.25) is 0 Å². The average molecular weight is 917 g/mol. The Morgan fingerprint density at radius 3 is 2.08 bits per heavy atom. The van der Waals surface area contributed by atoms with Gasteiger partial charge in [0.1, 0.15) is 12.6 Å². The average Bonchev–Trinajstić information content (AvgIpc) is 3.89. The summed E-state index contributed by atoms with van der Waals surface area (Å²) in [6.45, 7) is 9.75. The number of nitrogens with zero attached hydrogens (tertiary/aromatic N) is 3. The third-order valence-corrected chi connectivity index (χ3v) is 11.6. The second kappa shape index (κ2) is 27.9. The van der Waals surface area contributed by atoms with Crippen LogP contribution in [0.1, 0.15) is 86.5 Å². The maximum Gasteiger partial charge on any atom is 1.00 e. The first kappa shape index (κ1) is 54.9. The Labute approximate surface area is 411 Å². The maximum absolute atomic E-state index is 14.3. The van der Waals surface area contributed by atoms with Gasteiger partial charge in [0.25, 0.3) is 0 Å². The van der Waals surface area contributed by atoms with Crippen molar-refractivity contribution in [3.63, 3.8) is 0 Å². The van der Waals surface area contributed by atoms with Gasteiger partial charge in [-0.3, -0.25) is 9.78 Å². The molecule has 4 aromatic rings. The molecule has 0 aliphatic heterocycles. The van der Waals surface area contributed by atoms with E-state index in [1.165, 1.54) is 27.6 Å². The summed E-state index contributed by atoms with van der Waals surface area (Å²) >= 11 is 2.86. The SMILES string of the molecule is CCC[C@@H](O[C@@H](CC(Cc1ccccc1)NC(=O)[C@@H](NC(=O)N(C)Cc1csc(C(C)C)n1)C(C)C)[C@H](Cc1ccccc1)NC(=O)OCc1cncs1)OP(=O)([O-])[O-].[Na+].[Na+]. The van der Waals surface area contributed by atoms with Gasteiger partial charge < -0.3 is 49.2 Å². The van der Waals surface area contributed by atoms with Crippen LogP contribution in [0.3, 0.4) is 0 Å². The third-order valence-electron chi connectivity index (χ3n) is 9.20. The molecule has 5 atom stereocenters. The summed E-state index contributed by atoms with van der Waals surface area (Å²) in [4.78, 5) is 75.9. The normalized spacial score (nSPS) is 13.8. The van der Waals surface area contributed by atoms with E-state index in [-0.39, 0.29) is 103 Å². The summed E-state index contributed by atoms with van der Waals surface area (Å²) < 4.78 is 28.8. The van der Waals surface area contributed by atoms with Gasteiger partial charge in [0.05, 0.1) is 47.6 Å². The monoisotopic (exact) mass is 916 g/mol. The minimum atomic E-state index is -5.51. The van der Waals surface area contributed by atoms with Crippen LogP contribution < -0.4 is 84.9 Å². The van der Waals surface area contributed by atoms with Crippen molar-refractivity contribution >= 4 is 48.5 Å². The standard InChI is InChI=1S/C41H57N6O9PS2.2Na/c1-7-14-36(56-57(51,52)53)55-35(34(20-30-17-12-9-13-18-30)45-41(50)54-24-33-22-42-26-59-33)21-31(19-29-15-10-8-11-16-29)43-38(48)37(27(2)3)46-40(49)47(6)23-32-25-58-39(44-32)28(4)5;;/h8-13,15-18,22,25-28,31,34-37H,7,14,19-21,23-24H2,1-6H3,(H,43,48)(H,45,50)(H,46,49)(H2,51,52,53);;/q;2*+1/p-2/t31?,34-,35-,36-,37-;;/m0../s1. The predicted molar refractivity (Wildman–Crippen MR) is 223 cm³/mol. The fourth-order valence-corrected chi connectivity index (χ4v) is 8.01. The van der Waals surface area contributed by atoms with E-state index < -0.39 is 56.4 Å². The molecule has 61 heavy (non-hydrogen) atoms. The van der Waals surface area contributed by atoms with Gasteiger partial charge in [-0.1, -0.05) is 102 Å². The molecule has 0 bridgehead atoms. The number of thiazole rings is 2. The summed E-state index contributed by atoms with van der Waals surface area (Å²) in [6, 6.07) is 15.7. The minimum absolute atomic E-state index is 0. The Morgan fingerprint density at radius 2 is 1.54 bits per heavy atom. The summed E-state index contributed by atoms with van der Waals surface area (Å²) in [6.07, 6.45) is -0.756. The van der Waals surface area contributed by atoms with Gasteiger partial charge in [-0.15, -0.1) is 22.7 Å². The van der Waals surface area contributed by atoms with E-state index in [4.69, 9.17) is 14.0 Å². The van der Waals surface area contributed by atoms with Gasteiger partial charge in [0, 0.05) is 30.6 Å². The first-order valence-electron chi connectivity index (χ1n) is 19.6. The predicted octanol–water partition coefficient (Wildman–Crippen LogP) is -0.0910. The zero-order valence-corrected chi connectivity index (χ0v) is 42.8. The third kappa shape index (κ3) is 20.0. The largest absolute Gasteiger partial charge is 1.00 e. The van der Waals surface area contributed by atoms with E-state index in [1.54, 1.807) is 25.7 Å². The van der Waals surface area contributed by atoms with Crippen molar-refractivity contribution in [2.75, 3.05) is 7.05 Å². The second-order valence-corrected chi connectivity index (χ2v) is 17.9. The van der Waals surface area contributed by atoms with Gasteiger partial charge in [-0.05, 0) is 42.7 Å². The minimum Gasteiger partial charge on any atom is -0.790 e. The number of carbonyl (C=O) groups is 3. The Bertz CT molecular complexity index is 1930. The van der Waals surface area contributed by atoms with Crippen molar-refractivity contribution in [2.24, 2.45) is 5.92 Å². The number of phosphoric ester groups is 1. The Morgan fingerprint density at radius 1 is 0.902 bits per heavy atom. The molecule has 20 heteroatoms. The number of phosphoric acid groups is 1. The molecular formula is C41H55N6Na2O9PS2. The van der Waals surface area contributed by atoms with E-state index in [2.05, 4.69) is 39.8 Å². The van der Waals surface area contributed by atoms with Gasteiger partial charge >= 0.3 is 71.2 Å². The van der Waals surface area contributed by atoms with Crippen LogP contribution in [0.5, 0.6) is 0 Å². The molecule has 0 aliphatic carbocycles. The number of aromatic nitrogens is 2. The quantitative estimate of drug-likeness (QED) is 0.0510. The molecule has 3 N–H and O–H groups in total. The molecule has 0 saturated carbocycles. The Hall–Kier alpha value is -2.22. The molecular weight excluding hydrogens is 862 g/mol. The van der Waals surface area contributed by atoms with E-state index in [0.717, 1.165) is 26.7 Å². The van der Waals surface area contributed by atoms with Crippen molar-refractivity contribution in [1.82, 2.24) is 30.8 Å². The molecule has 322 valence electrons. The zero-order valence-electron chi connectivity index (χ0n) is 36.3.